The van der Waals surface area contributed by atoms with Gasteiger partial charge in [0.1, 0.15) is 0 Å². The van der Waals surface area contributed by atoms with Crippen molar-refractivity contribution >= 4 is 21.7 Å². The van der Waals surface area contributed by atoms with E-state index >= 15 is 0 Å². The van der Waals surface area contributed by atoms with E-state index in [9.17, 15) is 18.0 Å². The molecule has 2 aliphatic heterocycles. The van der Waals surface area contributed by atoms with Crippen molar-refractivity contribution in [2.45, 2.75) is 18.9 Å². The lowest BCUT2D eigenvalue weighted by atomic mass is 9.85. The molecule has 4 aliphatic rings. The van der Waals surface area contributed by atoms with Crippen molar-refractivity contribution in [3.8, 4) is 0 Å². The zero-order valence-electron chi connectivity index (χ0n) is 10.4. The summed E-state index contributed by atoms with van der Waals surface area (Å²) < 4.78 is 23.1. The number of fused-ring (bicyclic) bond motifs is 5. The fourth-order valence-electron chi connectivity index (χ4n) is 4.26. The Kier molecular flexibility index (Phi) is 2.13. The quantitative estimate of drug-likeness (QED) is 0.500. The fraction of sp³-hybridized carbons (Fsp3) is 0.692. The van der Waals surface area contributed by atoms with Crippen LogP contribution >= 0.6 is 0 Å². The minimum absolute atomic E-state index is 0.0489. The van der Waals surface area contributed by atoms with Crippen molar-refractivity contribution < 1.29 is 18.0 Å². The largest absolute Gasteiger partial charge is 0.278 e. The van der Waals surface area contributed by atoms with Crippen LogP contribution in [0.25, 0.3) is 0 Å². The molecule has 0 unspecified atom stereocenters. The molecule has 5 atom stereocenters. The second kappa shape index (κ2) is 3.48. The molecule has 3 fully saturated rings. The first-order chi connectivity index (χ1) is 8.98. The van der Waals surface area contributed by atoms with Gasteiger partial charge in [-0.3, -0.25) is 14.5 Å². The van der Waals surface area contributed by atoms with Gasteiger partial charge < -0.3 is 0 Å². The molecule has 0 N–H and O–H groups in total. The summed E-state index contributed by atoms with van der Waals surface area (Å²) in [5.41, 5.74) is 0. The van der Waals surface area contributed by atoms with Gasteiger partial charge in [-0.1, -0.05) is 12.2 Å². The lowest BCUT2D eigenvalue weighted by Gasteiger charge is -2.22. The van der Waals surface area contributed by atoms with E-state index in [2.05, 4.69) is 0 Å². The number of amides is 2. The van der Waals surface area contributed by atoms with Gasteiger partial charge in [0, 0.05) is 0 Å². The van der Waals surface area contributed by atoms with Crippen molar-refractivity contribution in [2.75, 3.05) is 11.5 Å². The number of hydrogen-bond donors (Lipinski definition) is 0. The van der Waals surface area contributed by atoms with Crippen LogP contribution in [0.15, 0.2) is 12.2 Å². The van der Waals surface area contributed by atoms with Crippen molar-refractivity contribution in [2.24, 2.45) is 23.7 Å². The molecule has 2 heterocycles. The van der Waals surface area contributed by atoms with E-state index in [1.807, 2.05) is 12.2 Å². The summed E-state index contributed by atoms with van der Waals surface area (Å²) in [5, 5.41) is 0. The van der Waals surface area contributed by atoms with Crippen LogP contribution in [0.1, 0.15) is 12.8 Å². The molecule has 19 heavy (non-hydrogen) atoms. The molecule has 0 aromatic rings. The summed E-state index contributed by atoms with van der Waals surface area (Å²) in [7, 11) is -3.08. The van der Waals surface area contributed by atoms with Gasteiger partial charge >= 0.3 is 0 Å². The van der Waals surface area contributed by atoms with Crippen LogP contribution in [0.4, 0.5) is 0 Å². The summed E-state index contributed by atoms with van der Waals surface area (Å²) in [6.45, 7) is 0. The van der Waals surface area contributed by atoms with Crippen molar-refractivity contribution in [1.82, 2.24) is 4.90 Å². The lowest BCUT2D eigenvalue weighted by molar-refractivity contribution is -0.142. The summed E-state index contributed by atoms with van der Waals surface area (Å²) in [6, 6.07) is -0.421. The van der Waals surface area contributed by atoms with Crippen LogP contribution in [0.5, 0.6) is 0 Å². The Labute approximate surface area is 111 Å². The lowest BCUT2D eigenvalue weighted by Crippen LogP contribution is -2.42. The maximum absolute atomic E-state index is 12.5. The van der Waals surface area contributed by atoms with Crippen LogP contribution in [0, 0.1) is 23.7 Å². The van der Waals surface area contributed by atoms with E-state index in [0.29, 0.717) is 6.42 Å². The van der Waals surface area contributed by atoms with E-state index in [4.69, 9.17) is 0 Å². The van der Waals surface area contributed by atoms with Gasteiger partial charge in [0.15, 0.2) is 9.84 Å². The molecule has 4 rings (SSSR count). The maximum Gasteiger partial charge on any atom is 0.234 e. The highest BCUT2D eigenvalue weighted by Gasteiger charge is 2.60. The van der Waals surface area contributed by atoms with Gasteiger partial charge in [0.2, 0.25) is 11.8 Å². The second-order valence-corrected chi connectivity index (χ2v) is 8.33. The Balaban J connectivity index is 1.66. The molecule has 6 heteroatoms. The SMILES string of the molecule is O=C1[C@@H]2[C@@H](C(=O)N1[C@@H]1CCS(=O)(=O)C1)[C@H]1C=C[C@H]2C1. The first kappa shape index (κ1) is 11.6. The molecule has 1 saturated carbocycles. The van der Waals surface area contributed by atoms with Gasteiger partial charge in [-0.25, -0.2) is 8.42 Å². The molecule has 2 amide bonds. The molecule has 0 radical (unpaired) electrons. The number of hydrogen-bond acceptors (Lipinski definition) is 4. The number of sulfone groups is 1. The highest BCUT2D eigenvalue weighted by atomic mass is 32.2. The standard InChI is InChI=1S/C13H15NO4S/c15-12-10-7-1-2-8(5-7)11(10)13(16)14(12)9-3-4-19(17,18)6-9/h1-2,7-11H,3-6H2/t7-,8-,9+,10-,11-/m0/s1. The van der Waals surface area contributed by atoms with Crippen molar-refractivity contribution in [3.05, 3.63) is 12.2 Å². The molecule has 2 bridgehead atoms. The van der Waals surface area contributed by atoms with E-state index in [1.54, 1.807) is 0 Å². The van der Waals surface area contributed by atoms with E-state index in [1.165, 1.54) is 4.90 Å². The van der Waals surface area contributed by atoms with Gasteiger partial charge in [-0.2, -0.15) is 0 Å². The molecular weight excluding hydrogens is 266 g/mol. The fourth-order valence-corrected chi connectivity index (χ4v) is 5.96. The maximum atomic E-state index is 12.5. The first-order valence-electron chi connectivity index (χ1n) is 6.73. The Morgan fingerprint density at radius 2 is 1.63 bits per heavy atom. The number of carbonyl (C=O) groups excluding carboxylic acids is 2. The topological polar surface area (TPSA) is 71.5 Å². The average molecular weight is 281 g/mol. The molecule has 2 saturated heterocycles. The van der Waals surface area contributed by atoms with Crippen LogP contribution in [0.2, 0.25) is 0 Å². The third kappa shape index (κ3) is 1.43. The monoisotopic (exact) mass is 281 g/mol. The molecule has 5 nitrogen and oxygen atoms in total. The third-order valence-electron chi connectivity index (χ3n) is 5.08. The van der Waals surface area contributed by atoms with Gasteiger partial charge in [-0.05, 0) is 24.7 Å². The van der Waals surface area contributed by atoms with Crippen LogP contribution in [0.3, 0.4) is 0 Å². The normalized spacial score (nSPS) is 46.3. The molecule has 0 aromatic carbocycles. The molecule has 2 aliphatic carbocycles. The summed E-state index contributed by atoms with van der Waals surface area (Å²) in [4.78, 5) is 26.2. The van der Waals surface area contributed by atoms with E-state index < -0.39 is 15.9 Å². The third-order valence-corrected chi connectivity index (χ3v) is 6.83. The zero-order valence-corrected chi connectivity index (χ0v) is 11.2. The van der Waals surface area contributed by atoms with Crippen LogP contribution in [-0.2, 0) is 19.4 Å². The van der Waals surface area contributed by atoms with Crippen LogP contribution < -0.4 is 0 Å². The molecule has 0 aromatic heterocycles. The number of nitrogens with zero attached hydrogens (tertiary/aromatic N) is 1. The Bertz CT molecular complexity index is 578. The molecular formula is C13H15NO4S. The summed E-state index contributed by atoms with van der Waals surface area (Å²) >= 11 is 0. The summed E-state index contributed by atoms with van der Waals surface area (Å²) in [6.07, 6.45) is 5.41. The Hall–Kier alpha value is -1.17. The molecule has 0 spiro atoms. The molecule has 102 valence electrons. The van der Waals surface area contributed by atoms with Gasteiger partial charge in [0.25, 0.3) is 0 Å². The van der Waals surface area contributed by atoms with Crippen molar-refractivity contribution in [3.63, 3.8) is 0 Å². The predicted molar refractivity (Wildman–Crippen MR) is 66.6 cm³/mol. The van der Waals surface area contributed by atoms with E-state index in [0.717, 1.165) is 6.42 Å². The van der Waals surface area contributed by atoms with Crippen molar-refractivity contribution in [1.29, 1.82) is 0 Å². The minimum atomic E-state index is -3.08. The Morgan fingerprint density at radius 1 is 1.05 bits per heavy atom. The number of allylic oxidation sites excluding steroid dienone is 2. The van der Waals surface area contributed by atoms with E-state index in [-0.39, 0.29) is 47.0 Å². The number of likely N-dealkylation sites (tertiary alicyclic amines) is 1. The first-order valence-corrected chi connectivity index (χ1v) is 8.56. The number of rotatable bonds is 1. The number of imide groups is 1. The van der Waals surface area contributed by atoms with Crippen LogP contribution in [-0.4, -0.2) is 42.7 Å². The van der Waals surface area contributed by atoms with Gasteiger partial charge in [-0.15, -0.1) is 0 Å². The van der Waals surface area contributed by atoms with Gasteiger partial charge in [0.05, 0.1) is 29.4 Å². The minimum Gasteiger partial charge on any atom is -0.278 e. The second-order valence-electron chi connectivity index (χ2n) is 6.10. The highest BCUT2D eigenvalue weighted by Crippen LogP contribution is 2.53. The predicted octanol–water partition coefficient (Wildman–Crippen LogP) is -0.0194. The summed E-state index contributed by atoms with van der Waals surface area (Å²) in [5.74, 6) is -0.273. The highest BCUT2D eigenvalue weighted by molar-refractivity contribution is 7.91. The average Bonchev–Trinajstić information content (AvgIpc) is 3.04. The smallest absolute Gasteiger partial charge is 0.234 e. The Morgan fingerprint density at radius 3 is 2.11 bits per heavy atom. The zero-order chi connectivity index (χ0) is 13.4. The number of carbonyl (C=O) groups is 2.